The highest BCUT2D eigenvalue weighted by atomic mass is 32.2. The van der Waals surface area contributed by atoms with Gasteiger partial charge in [0.1, 0.15) is 5.82 Å². The van der Waals surface area contributed by atoms with Gasteiger partial charge in [-0.3, -0.25) is 10.1 Å². The third-order valence-corrected chi connectivity index (χ3v) is 5.25. The first-order valence-corrected chi connectivity index (χ1v) is 7.37. The molecule has 1 aromatic carbocycles. The summed E-state index contributed by atoms with van der Waals surface area (Å²) in [5.41, 5.74) is 5.00. The molecule has 7 nitrogen and oxygen atoms in total. The van der Waals surface area contributed by atoms with Crippen molar-refractivity contribution in [2.24, 2.45) is 11.7 Å². The lowest BCUT2D eigenvalue weighted by Crippen LogP contribution is -2.32. The number of rotatable bonds is 3. The molecule has 2 N–H and O–H groups in total. The summed E-state index contributed by atoms with van der Waals surface area (Å²) in [6, 6.07) is 2.09. The maximum atomic E-state index is 13.1. The van der Waals surface area contributed by atoms with Gasteiger partial charge in [-0.05, 0) is 18.1 Å². The molecule has 1 aliphatic rings. The van der Waals surface area contributed by atoms with E-state index in [1.165, 1.54) is 0 Å². The molecule has 1 aromatic rings. The van der Waals surface area contributed by atoms with E-state index in [0.717, 1.165) is 16.4 Å². The molecule has 0 saturated carbocycles. The quantitative estimate of drug-likeness (QED) is 0.653. The number of sulfonamides is 1. The summed E-state index contributed by atoms with van der Waals surface area (Å²) in [7, 11) is -4.05. The van der Waals surface area contributed by atoms with Crippen molar-refractivity contribution in [1.82, 2.24) is 4.31 Å². The summed E-state index contributed by atoms with van der Waals surface area (Å²) in [5, 5.41) is 10.9. The second-order valence-electron chi connectivity index (χ2n) is 4.83. The molecular weight excluding hydrogens is 289 g/mol. The number of hydrogen-bond acceptors (Lipinski definition) is 5. The van der Waals surface area contributed by atoms with Gasteiger partial charge in [-0.2, -0.15) is 4.31 Å². The predicted molar refractivity (Wildman–Crippen MR) is 69.0 cm³/mol. The third-order valence-electron chi connectivity index (χ3n) is 3.37. The SMILES string of the molecule is CC1CN(S(=O)(=O)c2ccc(F)cc2[N+](=O)[O-])CC1N. The molecule has 0 radical (unpaired) electrons. The van der Waals surface area contributed by atoms with Crippen LogP contribution in [0.25, 0.3) is 0 Å². The number of nitrogens with zero attached hydrogens (tertiary/aromatic N) is 2. The molecule has 0 amide bonds. The number of hydrogen-bond donors (Lipinski definition) is 1. The molecule has 1 aliphatic heterocycles. The van der Waals surface area contributed by atoms with Gasteiger partial charge in [0, 0.05) is 19.1 Å². The predicted octanol–water partition coefficient (Wildman–Crippen LogP) is 0.702. The lowest BCUT2D eigenvalue weighted by molar-refractivity contribution is -0.388. The maximum absolute atomic E-state index is 13.1. The van der Waals surface area contributed by atoms with Crippen LogP contribution in [0.4, 0.5) is 10.1 Å². The molecule has 0 spiro atoms. The van der Waals surface area contributed by atoms with Crippen LogP contribution in [0.15, 0.2) is 23.1 Å². The Morgan fingerprint density at radius 2 is 2.10 bits per heavy atom. The van der Waals surface area contributed by atoms with Crippen LogP contribution in [0.5, 0.6) is 0 Å². The van der Waals surface area contributed by atoms with Crippen LogP contribution in [0.1, 0.15) is 6.92 Å². The van der Waals surface area contributed by atoms with Crippen molar-refractivity contribution < 1.29 is 17.7 Å². The van der Waals surface area contributed by atoms with Crippen molar-refractivity contribution in [2.45, 2.75) is 17.9 Å². The van der Waals surface area contributed by atoms with Crippen molar-refractivity contribution in [3.8, 4) is 0 Å². The van der Waals surface area contributed by atoms with Crippen molar-refractivity contribution in [3.05, 3.63) is 34.1 Å². The lowest BCUT2D eigenvalue weighted by atomic mass is 10.1. The standard InChI is InChI=1S/C11H14FN3O4S/c1-7-5-14(6-9(7)13)20(18,19)11-3-2-8(12)4-10(11)15(16)17/h2-4,7,9H,5-6,13H2,1H3. The topological polar surface area (TPSA) is 107 Å². The number of nitrogens with two attached hydrogens (primary N) is 1. The van der Waals surface area contributed by atoms with Crippen LogP contribution in [0.3, 0.4) is 0 Å². The molecule has 1 saturated heterocycles. The summed E-state index contributed by atoms with van der Waals surface area (Å²) >= 11 is 0. The molecule has 0 aromatic heterocycles. The molecule has 9 heteroatoms. The Hall–Kier alpha value is -1.58. The van der Waals surface area contributed by atoms with Gasteiger partial charge in [-0.15, -0.1) is 0 Å². The second-order valence-corrected chi connectivity index (χ2v) is 6.74. The Kier molecular flexibility index (Phi) is 3.76. The average molecular weight is 303 g/mol. The van der Waals surface area contributed by atoms with E-state index in [2.05, 4.69) is 0 Å². The molecule has 1 heterocycles. The lowest BCUT2D eigenvalue weighted by Gasteiger charge is -2.15. The molecule has 110 valence electrons. The van der Waals surface area contributed by atoms with Gasteiger partial charge < -0.3 is 5.73 Å². The number of nitro groups is 1. The average Bonchev–Trinajstić information content (AvgIpc) is 2.70. The zero-order valence-electron chi connectivity index (χ0n) is 10.7. The first-order chi connectivity index (χ1) is 9.23. The van der Waals surface area contributed by atoms with Gasteiger partial charge in [-0.25, -0.2) is 12.8 Å². The second kappa shape index (κ2) is 5.08. The van der Waals surface area contributed by atoms with E-state index in [0.29, 0.717) is 6.07 Å². The Bertz CT molecular complexity index is 639. The minimum absolute atomic E-state index is 0.0377. The Balaban J connectivity index is 2.48. The van der Waals surface area contributed by atoms with Crippen LogP contribution in [-0.2, 0) is 10.0 Å². The van der Waals surface area contributed by atoms with E-state index in [9.17, 15) is 22.9 Å². The summed E-state index contributed by atoms with van der Waals surface area (Å²) in [5.74, 6) is -0.897. The highest BCUT2D eigenvalue weighted by Gasteiger charge is 2.38. The van der Waals surface area contributed by atoms with Crippen LogP contribution in [0.2, 0.25) is 0 Å². The number of nitro benzene ring substituents is 1. The van der Waals surface area contributed by atoms with E-state index in [-0.39, 0.29) is 25.0 Å². The van der Waals surface area contributed by atoms with E-state index in [1.54, 1.807) is 6.92 Å². The molecule has 1 fully saturated rings. The smallest absolute Gasteiger partial charge is 0.292 e. The highest BCUT2D eigenvalue weighted by molar-refractivity contribution is 7.89. The summed E-state index contributed by atoms with van der Waals surface area (Å²) in [6.45, 7) is 2.09. The van der Waals surface area contributed by atoms with Crippen molar-refractivity contribution in [2.75, 3.05) is 13.1 Å². The zero-order chi connectivity index (χ0) is 15.1. The van der Waals surface area contributed by atoms with Crippen LogP contribution < -0.4 is 5.73 Å². The molecule has 2 rings (SSSR count). The molecule has 2 unspecified atom stereocenters. The maximum Gasteiger partial charge on any atom is 0.292 e. The van der Waals surface area contributed by atoms with Crippen molar-refractivity contribution in [3.63, 3.8) is 0 Å². The first-order valence-electron chi connectivity index (χ1n) is 5.93. The minimum Gasteiger partial charge on any atom is -0.326 e. The van der Waals surface area contributed by atoms with E-state index >= 15 is 0 Å². The van der Waals surface area contributed by atoms with Crippen molar-refractivity contribution in [1.29, 1.82) is 0 Å². The van der Waals surface area contributed by atoms with Gasteiger partial charge in [0.15, 0.2) is 4.90 Å². The Morgan fingerprint density at radius 3 is 2.60 bits per heavy atom. The van der Waals surface area contributed by atoms with E-state index in [4.69, 9.17) is 5.73 Å². The first kappa shape index (κ1) is 14.8. The van der Waals surface area contributed by atoms with Gasteiger partial charge in [0.25, 0.3) is 5.69 Å². The summed E-state index contributed by atoms with van der Waals surface area (Å²) in [4.78, 5) is 9.48. The largest absolute Gasteiger partial charge is 0.326 e. The molecular formula is C11H14FN3O4S. The Morgan fingerprint density at radius 1 is 1.45 bits per heavy atom. The molecule has 20 heavy (non-hydrogen) atoms. The fourth-order valence-corrected chi connectivity index (χ4v) is 3.85. The fraction of sp³-hybridized carbons (Fsp3) is 0.455. The van der Waals surface area contributed by atoms with Gasteiger partial charge in [0.05, 0.1) is 11.0 Å². The van der Waals surface area contributed by atoms with Gasteiger partial charge in [0.2, 0.25) is 10.0 Å². The van der Waals surface area contributed by atoms with Crippen LogP contribution in [-0.4, -0.2) is 36.8 Å². The van der Waals surface area contributed by atoms with Crippen molar-refractivity contribution >= 4 is 15.7 Å². The molecule has 2 atom stereocenters. The van der Waals surface area contributed by atoms with Crippen LogP contribution in [0, 0.1) is 21.8 Å². The monoisotopic (exact) mass is 303 g/mol. The van der Waals surface area contributed by atoms with Crippen LogP contribution >= 0.6 is 0 Å². The molecule has 0 aliphatic carbocycles. The summed E-state index contributed by atoms with van der Waals surface area (Å²) in [6.07, 6.45) is 0. The zero-order valence-corrected chi connectivity index (χ0v) is 11.5. The fourth-order valence-electron chi connectivity index (χ4n) is 2.13. The molecule has 0 bridgehead atoms. The highest BCUT2D eigenvalue weighted by Crippen LogP contribution is 2.30. The number of benzene rings is 1. The minimum atomic E-state index is -4.05. The van der Waals surface area contributed by atoms with Gasteiger partial charge >= 0.3 is 0 Å². The normalized spacial score (nSPS) is 23.9. The van der Waals surface area contributed by atoms with Gasteiger partial charge in [-0.1, -0.05) is 6.92 Å². The number of halogens is 1. The third kappa shape index (κ3) is 2.51. The summed E-state index contributed by atoms with van der Waals surface area (Å²) < 4.78 is 39.0. The van der Waals surface area contributed by atoms with E-state index in [1.807, 2.05) is 0 Å². The van der Waals surface area contributed by atoms with E-state index < -0.39 is 31.3 Å². The Labute approximate surface area is 115 Å².